The van der Waals surface area contributed by atoms with Crippen molar-refractivity contribution in [1.29, 1.82) is 0 Å². The van der Waals surface area contributed by atoms with E-state index < -0.39 is 0 Å². The third kappa shape index (κ3) is 2.82. The molecule has 2 aliphatic heterocycles. The second kappa shape index (κ2) is 5.95. The van der Waals surface area contributed by atoms with Crippen LogP contribution in [0.4, 0.5) is 0 Å². The minimum atomic E-state index is 0.292. The van der Waals surface area contributed by atoms with Gasteiger partial charge in [-0.25, -0.2) is 4.68 Å². The van der Waals surface area contributed by atoms with Crippen molar-refractivity contribution in [3.63, 3.8) is 0 Å². The molecule has 0 spiro atoms. The van der Waals surface area contributed by atoms with Gasteiger partial charge in [-0.3, -0.25) is 4.90 Å². The first-order valence-corrected chi connectivity index (χ1v) is 8.08. The highest BCUT2D eigenvalue weighted by Crippen LogP contribution is 2.16. The van der Waals surface area contributed by atoms with Crippen molar-refractivity contribution in [2.75, 3.05) is 13.2 Å². The van der Waals surface area contributed by atoms with Crippen LogP contribution in [0, 0.1) is 4.77 Å². The predicted octanol–water partition coefficient (Wildman–Crippen LogP) is 2.21. The van der Waals surface area contributed by atoms with Crippen molar-refractivity contribution in [3.05, 3.63) is 10.6 Å². The number of fused-ring (bicyclic) bond motifs is 1. The number of aryl methyl sites for hydroxylation is 1. The molecule has 0 amide bonds. The van der Waals surface area contributed by atoms with Gasteiger partial charge in [0.1, 0.15) is 5.82 Å². The first-order valence-electron chi connectivity index (χ1n) is 7.67. The van der Waals surface area contributed by atoms with Crippen LogP contribution in [-0.4, -0.2) is 44.5 Å². The summed E-state index contributed by atoms with van der Waals surface area (Å²) in [4.78, 5) is 2.41. The smallest absolute Gasteiger partial charge is 0.199 e. The minimum Gasteiger partial charge on any atom is -0.376 e. The second-order valence-corrected chi connectivity index (χ2v) is 6.43. The molecule has 112 valence electrons. The topological polar surface area (TPSA) is 35.2 Å². The van der Waals surface area contributed by atoms with E-state index in [0.29, 0.717) is 12.1 Å². The van der Waals surface area contributed by atoms with Gasteiger partial charge in [0.15, 0.2) is 4.77 Å². The van der Waals surface area contributed by atoms with Gasteiger partial charge < -0.3 is 9.30 Å². The van der Waals surface area contributed by atoms with Gasteiger partial charge in [0.25, 0.3) is 0 Å². The van der Waals surface area contributed by atoms with E-state index in [2.05, 4.69) is 23.3 Å². The molecule has 0 bridgehead atoms. The van der Waals surface area contributed by atoms with Gasteiger partial charge in [-0.1, -0.05) is 6.42 Å². The molecule has 2 aliphatic rings. The number of aromatic nitrogens is 3. The van der Waals surface area contributed by atoms with Gasteiger partial charge in [-0.15, -0.1) is 0 Å². The van der Waals surface area contributed by atoms with Crippen molar-refractivity contribution in [2.45, 2.75) is 64.9 Å². The molecular weight excluding hydrogens is 272 g/mol. The summed E-state index contributed by atoms with van der Waals surface area (Å²) in [6, 6.07) is 0.426. The molecule has 1 saturated heterocycles. The fraction of sp³-hybridized carbons (Fsp3) is 0.857. The molecule has 3 heterocycles. The van der Waals surface area contributed by atoms with Crippen LogP contribution in [0.3, 0.4) is 0 Å². The van der Waals surface area contributed by atoms with Crippen molar-refractivity contribution >= 4 is 12.2 Å². The van der Waals surface area contributed by atoms with E-state index in [9.17, 15) is 0 Å². The molecule has 1 fully saturated rings. The normalized spacial score (nSPS) is 28.1. The Morgan fingerprint density at radius 1 is 1.30 bits per heavy atom. The summed E-state index contributed by atoms with van der Waals surface area (Å²) in [5.41, 5.74) is 0. The maximum atomic E-state index is 5.68. The van der Waals surface area contributed by atoms with Crippen molar-refractivity contribution in [2.24, 2.45) is 0 Å². The molecule has 0 N–H and O–H groups in total. The minimum absolute atomic E-state index is 0.292. The van der Waals surface area contributed by atoms with Gasteiger partial charge in [-0.05, 0) is 38.9 Å². The van der Waals surface area contributed by atoms with Crippen LogP contribution in [0.5, 0.6) is 0 Å². The largest absolute Gasteiger partial charge is 0.376 e. The highest BCUT2D eigenvalue weighted by Gasteiger charge is 2.24. The quantitative estimate of drug-likeness (QED) is 0.784. The Balaban J connectivity index is 1.79. The molecule has 2 atom stereocenters. The molecule has 0 aliphatic carbocycles. The molecule has 20 heavy (non-hydrogen) atoms. The van der Waals surface area contributed by atoms with Gasteiger partial charge in [0.2, 0.25) is 0 Å². The van der Waals surface area contributed by atoms with E-state index in [1.807, 2.05) is 4.68 Å². The summed E-state index contributed by atoms with van der Waals surface area (Å²) >= 11 is 5.61. The maximum absolute atomic E-state index is 5.68. The lowest BCUT2D eigenvalue weighted by Gasteiger charge is -2.36. The fourth-order valence-corrected chi connectivity index (χ4v) is 3.35. The first kappa shape index (κ1) is 14.2. The molecule has 6 heteroatoms. The number of nitrogens with zero attached hydrogens (tertiary/aromatic N) is 4. The molecule has 0 saturated carbocycles. The standard InChI is InChI=1S/C14H24N4OS/c1-11-9-19-12(2)8-16(11)10-18-14(20)17-7-5-3-4-6-13(17)15-18/h11-12H,3-10H2,1-2H3. The summed E-state index contributed by atoms with van der Waals surface area (Å²) in [6.07, 6.45) is 5.09. The van der Waals surface area contributed by atoms with E-state index in [1.54, 1.807) is 0 Å². The van der Waals surface area contributed by atoms with Crippen molar-refractivity contribution in [1.82, 2.24) is 19.2 Å². The molecule has 1 aromatic heterocycles. The van der Waals surface area contributed by atoms with Crippen LogP contribution in [-0.2, 0) is 24.4 Å². The third-order valence-corrected chi connectivity index (χ3v) is 4.77. The summed E-state index contributed by atoms with van der Waals surface area (Å²) < 4.78 is 10.8. The Kier molecular flexibility index (Phi) is 4.23. The Morgan fingerprint density at radius 2 is 2.15 bits per heavy atom. The van der Waals surface area contributed by atoms with Crippen LogP contribution in [0.1, 0.15) is 38.9 Å². The van der Waals surface area contributed by atoms with E-state index in [0.717, 1.165) is 37.6 Å². The van der Waals surface area contributed by atoms with Crippen LogP contribution in [0.25, 0.3) is 0 Å². The zero-order valence-electron chi connectivity index (χ0n) is 12.4. The average molecular weight is 296 g/mol. The van der Waals surface area contributed by atoms with E-state index in [-0.39, 0.29) is 0 Å². The molecule has 0 radical (unpaired) electrons. The summed E-state index contributed by atoms with van der Waals surface area (Å²) in [7, 11) is 0. The Hall–Kier alpha value is -0.720. The maximum Gasteiger partial charge on any atom is 0.199 e. The van der Waals surface area contributed by atoms with Crippen LogP contribution in [0.2, 0.25) is 0 Å². The summed E-state index contributed by atoms with van der Waals surface area (Å²) in [5, 5.41) is 4.76. The molecule has 5 nitrogen and oxygen atoms in total. The molecular formula is C14H24N4OS. The lowest BCUT2D eigenvalue weighted by Crippen LogP contribution is -2.47. The zero-order valence-corrected chi connectivity index (χ0v) is 13.2. The number of ether oxygens (including phenoxy) is 1. The lowest BCUT2D eigenvalue weighted by molar-refractivity contribution is -0.0625. The monoisotopic (exact) mass is 296 g/mol. The highest BCUT2D eigenvalue weighted by atomic mass is 32.1. The fourth-order valence-electron chi connectivity index (χ4n) is 3.06. The van der Waals surface area contributed by atoms with Crippen molar-refractivity contribution < 1.29 is 4.74 Å². The molecule has 3 rings (SSSR count). The van der Waals surface area contributed by atoms with Gasteiger partial charge in [0.05, 0.1) is 19.4 Å². The van der Waals surface area contributed by atoms with E-state index in [1.165, 1.54) is 25.1 Å². The molecule has 2 unspecified atom stereocenters. The van der Waals surface area contributed by atoms with Crippen molar-refractivity contribution in [3.8, 4) is 0 Å². The second-order valence-electron chi connectivity index (χ2n) is 6.07. The third-order valence-electron chi connectivity index (χ3n) is 4.33. The Morgan fingerprint density at radius 3 is 3.00 bits per heavy atom. The van der Waals surface area contributed by atoms with Gasteiger partial charge >= 0.3 is 0 Å². The zero-order chi connectivity index (χ0) is 14.1. The summed E-state index contributed by atoms with van der Waals surface area (Å²) in [5.74, 6) is 1.17. The Labute approximate surface area is 125 Å². The Bertz CT molecular complexity index is 524. The van der Waals surface area contributed by atoms with E-state index in [4.69, 9.17) is 22.1 Å². The molecule has 0 aromatic carbocycles. The SMILES string of the molecule is CC1CN(Cn2nc3n(c2=S)CCCCC3)C(C)CO1. The lowest BCUT2D eigenvalue weighted by atomic mass is 10.2. The van der Waals surface area contributed by atoms with Crippen LogP contribution in [0.15, 0.2) is 0 Å². The summed E-state index contributed by atoms with van der Waals surface area (Å²) in [6.45, 7) is 7.89. The number of rotatable bonds is 2. The van der Waals surface area contributed by atoms with Crippen LogP contribution >= 0.6 is 12.2 Å². The number of hydrogen-bond donors (Lipinski definition) is 0. The number of morpholine rings is 1. The van der Waals surface area contributed by atoms with Crippen LogP contribution < -0.4 is 0 Å². The highest BCUT2D eigenvalue weighted by molar-refractivity contribution is 7.71. The number of hydrogen-bond acceptors (Lipinski definition) is 4. The predicted molar refractivity (Wildman–Crippen MR) is 80.2 cm³/mol. The average Bonchev–Trinajstić information content (AvgIpc) is 2.62. The van der Waals surface area contributed by atoms with Gasteiger partial charge in [0, 0.05) is 25.6 Å². The van der Waals surface area contributed by atoms with E-state index >= 15 is 0 Å². The first-order chi connectivity index (χ1) is 9.65. The molecule has 1 aromatic rings. The van der Waals surface area contributed by atoms with Gasteiger partial charge in [-0.2, -0.15) is 5.10 Å².